The standard InChI is InChI=1S/C15H23N3O2/c1-3-15(2,18-6-8-20-9-7-18)14(19)10-12-11-17-5-4-13(12)16/h4-5,11H,3,6-10H2,1-2H3,(H2,16,17). The average molecular weight is 277 g/mol. The van der Waals surface area contributed by atoms with Crippen LogP contribution in [0.2, 0.25) is 0 Å². The van der Waals surface area contributed by atoms with Gasteiger partial charge in [0.2, 0.25) is 0 Å². The van der Waals surface area contributed by atoms with Crippen LogP contribution in [0.4, 0.5) is 5.69 Å². The normalized spacial score (nSPS) is 19.5. The number of nitrogens with zero attached hydrogens (tertiary/aromatic N) is 2. The number of ketones is 1. The summed E-state index contributed by atoms with van der Waals surface area (Å²) in [6.07, 6.45) is 4.44. The van der Waals surface area contributed by atoms with Gasteiger partial charge in [0.1, 0.15) is 0 Å². The van der Waals surface area contributed by atoms with E-state index in [1.165, 1.54) is 0 Å². The molecule has 1 aromatic rings. The van der Waals surface area contributed by atoms with Crippen molar-refractivity contribution in [2.45, 2.75) is 32.2 Å². The Hall–Kier alpha value is -1.46. The third-order valence-corrected chi connectivity index (χ3v) is 4.29. The van der Waals surface area contributed by atoms with E-state index in [0.29, 0.717) is 25.3 Å². The first-order valence-corrected chi connectivity index (χ1v) is 7.12. The van der Waals surface area contributed by atoms with Gasteiger partial charge in [-0.3, -0.25) is 14.7 Å². The van der Waals surface area contributed by atoms with Crippen molar-refractivity contribution in [1.82, 2.24) is 9.88 Å². The summed E-state index contributed by atoms with van der Waals surface area (Å²) in [6.45, 7) is 7.07. The molecule has 110 valence electrons. The first kappa shape index (κ1) is 14.9. The molecule has 2 heterocycles. The number of Topliss-reactive ketones (excluding diaryl/α,β-unsaturated/α-hetero) is 1. The zero-order valence-electron chi connectivity index (χ0n) is 12.3. The molecular weight excluding hydrogens is 254 g/mol. The summed E-state index contributed by atoms with van der Waals surface area (Å²) in [5.41, 5.74) is 6.90. The van der Waals surface area contributed by atoms with Crippen LogP contribution < -0.4 is 5.73 Å². The van der Waals surface area contributed by atoms with E-state index in [-0.39, 0.29) is 5.78 Å². The molecule has 0 radical (unpaired) electrons. The molecule has 1 aromatic heterocycles. The van der Waals surface area contributed by atoms with Gasteiger partial charge >= 0.3 is 0 Å². The molecule has 5 heteroatoms. The molecule has 1 saturated heterocycles. The zero-order valence-corrected chi connectivity index (χ0v) is 12.3. The number of rotatable bonds is 5. The van der Waals surface area contributed by atoms with E-state index in [2.05, 4.69) is 16.8 Å². The van der Waals surface area contributed by atoms with Gasteiger partial charge in [0.15, 0.2) is 5.78 Å². The lowest BCUT2D eigenvalue weighted by molar-refractivity contribution is -0.133. The highest BCUT2D eigenvalue weighted by Crippen LogP contribution is 2.24. The number of morpholine rings is 1. The molecule has 0 aromatic carbocycles. The van der Waals surface area contributed by atoms with Gasteiger partial charge in [-0.25, -0.2) is 0 Å². The lowest BCUT2D eigenvalue weighted by atomic mass is 9.87. The highest BCUT2D eigenvalue weighted by Gasteiger charge is 2.38. The van der Waals surface area contributed by atoms with Gasteiger partial charge in [0, 0.05) is 43.2 Å². The van der Waals surface area contributed by atoms with Gasteiger partial charge in [0.25, 0.3) is 0 Å². The second-order valence-corrected chi connectivity index (χ2v) is 5.40. The molecule has 1 aliphatic heterocycles. The Labute approximate surface area is 120 Å². The average Bonchev–Trinajstić information content (AvgIpc) is 2.49. The number of aromatic nitrogens is 1. The van der Waals surface area contributed by atoms with Crippen molar-refractivity contribution in [3.63, 3.8) is 0 Å². The van der Waals surface area contributed by atoms with Gasteiger partial charge in [-0.2, -0.15) is 0 Å². The number of pyridine rings is 1. The number of hydrogen-bond donors (Lipinski definition) is 1. The van der Waals surface area contributed by atoms with Crippen LogP contribution in [0.15, 0.2) is 18.5 Å². The molecule has 1 aliphatic rings. The Morgan fingerprint density at radius 3 is 2.80 bits per heavy atom. The Morgan fingerprint density at radius 2 is 2.20 bits per heavy atom. The Morgan fingerprint density at radius 1 is 1.50 bits per heavy atom. The molecule has 2 rings (SSSR count). The molecule has 0 aliphatic carbocycles. The SMILES string of the molecule is CCC(C)(C(=O)Cc1cnccc1N)N1CCOCC1. The predicted octanol–water partition coefficient (Wildman–Crippen LogP) is 1.28. The minimum absolute atomic E-state index is 0.196. The summed E-state index contributed by atoms with van der Waals surface area (Å²) in [4.78, 5) is 19.0. The van der Waals surface area contributed by atoms with Gasteiger partial charge in [0.05, 0.1) is 18.8 Å². The minimum Gasteiger partial charge on any atom is -0.398 e. The van der Waals surface area contributed by atoms with E-state index in [0.717, 1.165) is 25.1 Å². The second-order valence-electron chi connectivity index (χ2n) is 5.40. The fraction of sp³-hybridized carbons (Fsp3) is 0.600. The van der Waals surface area contributed by atoms with Crippen LogP contribution in [0.1, 0.15) is 25.8 Å². The Balaban J connectivity index is 2.14. The summed E-state index contributed by atoms with van der Waals surface area (Å²) in [5, 5.41) is 0. The molecule has 1 unspecified atom stereocenters. The second kappa shape index (κ2) is 6.33. The molecule has 5 nitrogen and oxygen atoms in total. The fourth-order valence-electron chi connectivity index (χ4n) is 2.60. The van der Waals surface area contributed by atoms with E-state index in [1.807, 2.05) is 6.92 Å². The molecule has 0 spiro atoms. The minimum atomic E-state index is -0.452. The van der Waals surface area contributed by atoms with Crippen molar-refractivity contribution in [3.8, 4) is 0 Å². The van der Waals surface area contributed by atoms with Gasteiger partial charge in [-0.15, -0.1) is 0 Å². The summed E-state index contributed by atoms with van der Waals surface area (Å²) in [6, 6.07) is 1.74. The maximum absolute atomic E-state index is 12.8. The lowest BCUT2D eigenvalue weighted by Gasteiger charge is -2.41. The van der Waals surface area contributed by atoms with Crippen molar-refractivity contribution in [1.29, 1.82) is 0 Å². The molecule has 1 fully saturated rings. The van der Waals surface area contributed by atoms with Crippen molar-refractivity contribution < 1.29 is 9.53 Å². The topological polar surface area (TPSA) is 68.5 Å². The monoisotopic (exact) mass is 277 g/mol. The number of nitrogen functional groups attached to an aromatic ring is 1. The molecular formula is C15H23N3O2. The molecule has 1 atom stereocenters. The largest absolute Gasteiger partial charge is 0.398 e. The van der Waals surface area contributed by atoms with Crippen molar-refractivity contribution >= 4 is 11.5 Å². The summed E-state index contributed by atoms with van der Waals surface area (Å²) in [7, 11) is 0. The maximum atomic E-state index is 12.8. The van der Waals surface area contributed by atoms with Crippen molar-refractivity contribution in [3.05, 3.63) is 24.0 Å². The molecule has 0 bridgehead atoms. The highest BCUT2D eigenvalue weighted by molar-refractivity contribution is 5.90. The van der Waals surface area contributed by atoms with Gasteiger partial charge in [-0.05, 0) is 19.4 Å². The first-order valence-electron chi connectivity index (χ1n) is 7.12. The van der Waals surface area contributed by atoms with Crippen LogP contribution in [-0.4, -0.2) is 47.5 Å². The lowest BCUT2D eigenvalue weighted by Crippen LogP contribution is -2.56. The van der Waals surface area contributed by atoms with Crippen LogP contribution in [0.5, 0.6) is 0 Å². The van der Waals surface area contributed by atoms with E-state index >= 15 is 0 Å². The van der Waals surface area contributed by atoms with Crippen LogP contribution in [-0.2, 0) is 16.0 Å². The predicted molar refractivity (Wildman–Crippen MR) is 78.4 cm³/mol. The smallest absolute Gasteiger partial charge is 0.157 e. The van der Waals surface area contributed by atoms with E-state index < -0.39 is 5.54 Å². The van der Waals surface area contributed by atoms with Crippen LogP contribution in [0, 0.1) is 0 Å². The third kappa shape index (κ3) is 2.99. The van der Waals surface area contributed by atoms with Gasteiger partial charge < -0.3 is 10.5 Å². The Kier molecular flexibility index (Phi) is 4.73. The highest BCUT2D eigenvalue weighted by atomic mass is 16.5. The number of carbonyl (C=O) groups excluding carboxylic acids is 1. The summed E-state index contributed by atoms with van der Waals surface area (Å²) >= 11 is 0. The summed E-state index contributed by atoms with van der Waals surface area (Å²) < 4.78 is 5.37. The number of nitrogens with two attached hydrogens (primary N) is 1. The number of hydrogen-bond acceptors (Lipinski definition) is 5. The first-order chi connectivity index (χ1) is 9.58. The van der Waals surface area contributed by atoms with Crippen molar-refractivity contribution in [2.75, 3.05) is 32.0 Å². The van der Waals surface area contributed by atoms with Crippen molar-refractivity contribution in [2.24, 2.45) is 0 Å². The van der Waals surface area contributed by atoms with E-state index in [1.54, 1.807) is 18.5 Å². The third-order valence-electron chi connectivity index (χ3n) is 4.29. The molecule has 20 heavy (non-hydrogen) atoms. The van der Waals surface area contributed by atoms with Crippen LogP contribution >= 0.6 is 0 Å². The number of ether oxygens (including phenoxy) is 1. The van der Waals surface area contributed by atoms with Crippen LogP contribution in [0.3, 0.4) is 0 Å². The van der Waals surface area contributed by atoms with E-state index in [4.69, 9.17) is 10.5 Å². The zero-order chi connectivity index (χ0) is 14.6. The maximum Gasteiger partial charge on any atom is 0.157 e. The number of carbonyl (C=O) groups is 1. The molecule has 2 N–H and O–H groups in total. The number of anilines is 1. The van der Waals surface area contributed by atoms with Crippen LogP contribution in [0.25, 0.3) is 0 Å². The van der Waals surface area contributed by atoms with Gasteiger partial charge in [-0.1, -0.05) is 6.92 Å². The molecule has 0 amide bonds. The van der Waals surface area contributed by atoms with E-state index in [9.17, 15) is 4.79 Å². The molecule has 0 saturated carbocycles. The summed E-state index contributed by atoms with van der Waals surface area (Å²) in [5.74, 6) is 0.196. The fourth-order valence-corrected chi connectivity index (χ4v) is 2.60. The quantitative estimate of drug-likeness (QED) is 0.878. The Bertz CT molecular complexity index is 472.